The Morgan fingerprint density at radius 2 is 1.70 bits per heavy atom. The van der Waals surface area contributed by atoms with E-state index in [9.17, 15) is 22.4 Å². The van der Waals surface area contributed by atoms with Gasteiger partial charge in [-0.15, -0.1) is 11.6 Å². The van der Waals surface area contributed by atoms with Crippen LogP contribution in [0.4, 0.5) is 23.4 Å². The molecule has 0 radical (unpaired) electrons. The third-order valence-corrected chi connectivity index (χ3v) is 4.27. The number of anilines is 1. The minimum atomic E-state index is -1.57. The number of carbonyl (C=O) groups is 1. The maximum absolute atomic E-state index is 14.0. The summed E-state index contributed by atoms with van der Waals surface area (Å²) in [5, 5.41) is 0.797. The summed E-state index contributed by atoms with van der Waals surface area (Å²) in [7, 11) is 0. The third-order valence-electron chi connectivity index (χ3n) is 4.04. The summed E-state index contributed by atoms with van der Waals surface area (Å²) in [4.78, 5) is 17.4. The van der Waals surface area contributed by atoms with Crippen molar-refractivity contribution in [3.05, 3.63) is 70.8 Å². The lowest BCUT2D eigenvalue weighted by atomic mass is 10.1. The fourth-order valence-corrected chi connectivity index (χ4v) is 2.82. The Labute approximate surface area is 157 Å². The van der Waals surface area contributed by atoms with Crippen molar-refractivity contribution in [2.24, 2.45) is 0 Å². The molecule has 0 atom stereocenters. The van der Waals surface area contributed by atoms with Gasteiger partial charge in [0.2, 0.25) is 5.91 Å². The van der Waals surface area contributed by atoms with Crippen LogP contribution in [-0.2, 0) is 11.3 Å². The highest BCUT2D eigenvalue weighted by molar-refractivity contribution is 6.29. The topological polar surface area (TPSA) is 33.2 Å². The Morgan fingerprint density at radius 1 is 1.04 bits per heavy atom. The minimum absolute atomic E-state index is 0.0560. The Morgan fingerprint density at radius 3 is 2.33 bits per heavy atom. The van der Waals surface area contributed by atoms with Gasteiger partial charge in [-0.1, -0.05) is 11.6 Å². The second-order valence-corrected chi connectivity index (χ2v) is 6.19. The molecule has 3 rings (SSSR count). The Hall–Kier alpha value is -2.67. The number of pyridine rings is 1. The average molecular weight is 397 g/mol. The zero-order chi connectivity index (χ0) is 19.7. The predicted octanol–water partition coefficient (Wildman–Crippen LogP) is 4.87. The Balaban J connectivity index is 2.09. The molecule has 8 heteroatoms. The number of benzene rings is 2. The van der Waals surface area contributed by atoms with E-state index in [-0.39, 0.29) is 11.9 Å². The molecule has 0 spiro atoms. The molecule has 27 heavy (non-hydrogen) atoms. The number of fused-ring (bicyclic) bond motifs is 1. The van der Waals surface area contributed by atoms with Gasteiger partial charge in [0.05, 0.1) is 12.1 Å². The average Bonchev–Trinajstić information content (AvgIpc) is 2.65. The lowest BCUT2D eigenvalue weighted by molar-refractivity contribution is -0.116. The number of hydrogen-bond acceptors (Lipinski definition) is 2. The van der Waals surface area contributed by atoms with E-state index in [2.05, 4.69) is 4.98 Å². The summed E-state index contributed by atoms with van der Waals surface area (Å²) < 4.78 is 55.0. The number of carbonyl (C=O) groups excluding carboxylic acids is 1. The highest BCUT2D eigenvalue weighted by Crippen LogP contribution is 2.25. The Bertz CT molecular complexity index is 1020. The van der Waals surface area contributed by atoms with Gasteiger partial charge in [-0.25, -0.2) is 22.5 Å². The minimum Gasteiger partial charge on any atom is -0.291 e. The van der Waals surface area contributed by atoms with E-state index in [1.54, 1.807) is 12.1 Å². The molecule has 2 aromatic carbocycles. The molecule has 0 saturated heterocycles. The van der Waals surface area contributed by atoms with Crippen LogP contribution in [-0.4, -0.2) is 16.8 Å². The molecule has 0 fully saturated rings. The third kappa shape index (κ3) is 3.73. The van der Waals surface area contributed by atoms with Crippen LogP contribution >= 0.6 is 11.6 Å². The van der Waals surface area contributed by atoms with Crippen LogP contribution in [0.1, 0.15) is 11.1 Å². The van der Waals surface area contributed by atoms with Gasteiger partial charge in [0.15, 0.2) is 23.3 Å². The van der Waals surface area contributed by atoms with E-state index in [0.717, 1.165) is 15.8 Å². The molecule has 0 bridgehead atoms. The van der Waals surface area contributed by atoms with Gasteiger partial charge in [0.1, 0.15) is 11.7 Å². The molecule has 0 saturated carbocycles. The number of aryl methyl sites for hydroxylation is 1. The number of alkyl halides is 1. The van der Waals surface area contributed by atoms with Crippen molar-refractivity contribution in [3.8, 4) is 0 Å². The maximum atomic E-state index is 14.0. The first-order valence-electron chi connectivity index (χ1n) is 7.87. The van der Waals surface area contributed by atoms with Gasteiger partial charge >= 0.3 is 0 Å². The number of aromatic nitrogens is 1. The van der Waals surface area contributed by atoms with Crippen LogP contribution in [0.3, 0.4) is 0 Å². The molecule has 1 aromatic heterocycles. The number of hydrogen-bond donors (Lipinski definition) is 0. The van der Waals surface area contributed by atoms with Crippen molar-refractivity contribution in [1.29, 1.82) is 0 Å². The first kappa shape index (κ1) is 19.1. The van der Waals surface area contributed by atoms with Gasteiger partial charge in [0, 0.05) is 17.0 Å². The normalized spacial score (nSPS) is 11.0. The second-order valence-electron chi connectivity index (χ2n) is 5.93. The van der Waals surface area contributed by atoms with Crippen molar-refractivity contribution in [2.75, 3.05) is 10.8 Å². The van der Waals surface area contributed by atoms with Crippen LogP contribution in [0.2, 0.25) is 0 Å². The zero-order valence-electron chi connectivity index (χ0n) is 14.1. The fraction of sp³-hybridized carbons (Fsp3) is 0.158. The summed E-state index contributed by atoms with van der Waals surface area (Å²) >= 11 is 5.59. The summed E-state index contributed by atoms with van der Waals surface area (Å²) in [6.07, 6.45) is 0. The summed E-state index contributed by atoms with van der Waals surface area (Å²) in [6.45, 7) is 1.14. The molecule has 0 unspecified atom stereocenters. The number of halogens is 5. The lowest BCUT2D eigenvalue weighted by Gasteiger charge is -2.22. The second kappa shape index (κ2) is 7.52. The number of amides is 1. The molecule has 0 aliphatic heterocycles. The predicted molar refractivity (Wildman–Crippen MR) is 94.7 cm³/mol. The molecule has 3 nitrogen and oxygen atoms in total. The van der Waals surface area contributed by atoms with Crippen LogP contribution in [0.5, 0.6) is 0 Å². The Kier molecular flexibility index (Phi) is 5.32. The quantitative estimate of drug-likeness (QED) is 0.358. The SMILES string of the molecule is Cc1ccc2nc(N(Cc3c(F)c(F)cc(F)c3F)C(=O)CCl)ccc2c1. The summed E-state index contributed by atoms with van der Waals surface area (Å²) in [5.41, 5.74) is 0.624. The van der Waals surface area contributed by atoms with Crippen LogP contribution in [0.25, 0.3) is 10.9 Å². The van der Waals surface area contributed by atoms with Crippen molar-refractivity contribution in [3.63, 3.8) is 0 Å². The number of rotatable bonds is 4. The highest BCUT2D eigenvalue weighted by Gasteiger charge is 2.25. The van der Waals surface area contributed by atoms with Crippen molar-refractivity contribution in [2.45, 2.75) is 13.5 Å². The van der Waals surface area contributed by atoms with E-state index in [4.69, 9.17) is 11.6 Å². The fourth-order valence-electron chi connectivity index (χ4n) is 2.67. The smallest absolute Gasteiger partial charge is 0.243 e. The van der Waals surface area contributed by atoms with E-state index in [1.165, 1.54) is 6.07 Å². The van der Waals surface area contributed by atoms with Gasteiger partial charge in [0.25, 0.3) is 0 Å². The van der Waals surface area contributed by atoms with E-state index >= 15 is 0 Å². The van der Waals surface area contributed by atoms with Crippen molar-refractivity contribution in [1.82, 2.24) is 4.98 Å². The van der Waals surface area contributed by atoms with Gasteiger partial charge < -0.3 is 0 Å². The van der Waals surface area contributed by atoms with Crippen molar-refractivity contribution >= 4 is 34.2 Å². The van der Waals surface area contributed by atoms with E-state index < -0.39 is 47.2 Å². The zero-order valence-corrected chi connectivity index (χ0v) is 14.8. The molecule has 1 amide bonds. The lowest BCUT2D eigenvalue weighted by Crippen LogP contribution is -2.33. The molecular formula is C19H13ClF4N2O. The monoisotopic (exact) mass is 396 g/mol. The summed E-state index contributed by atoms with van der Waals surface area (Å²) in [6, 6.07) is 8.67. The first-order chi connectivity index (χ1) is 12.8. The van der Waals surface area contributed by atoms with Crippen molar-refractivity contribution < 1.29 is 22.4 Å². The van der Waals surface area contributed by atoms with E-state index in [1.807, 2.05) is 19.1 Å². The van der Waals surface area contributed by atoms with E-state index in [0.29, 0.717) is 5.52 Å². The molecular weight excluding hydrogens is 384 g/mol. The molecule has 3 aromatic rings. The molecule has 0 aliphatic rings. The number of nitrogens with zero attached hydrogens (tertiary/aromatic N) is 2. The maximum Gasteiger partial charge on any atom is 0.243 e. The highest BCUT2D eigenvalue weighted by atomic mass is 35.5. The van der Waals surface area contributed by atoms with Crippen LogP contribution in [0.15, 0.2) is 36.4 Å². The molecule has 1 heterocycles. The van der Waals surface area contributed by atoms with Gasteiger partial charge in [-0.3, -0.25) is 9.69 Å². The molecule has 0 N–H and O–H groups in total. The van der Waals surface area contributed by atoms with Crippen LogP contribution < -0.4 is 4.90 Å². The first-order valence-corrected chi connectivity index (χ1v) is 8.41. The summed E-state index contributed by atoms with van der Waals surface area (Å²) in [5.74, 6) is -7.42. The van der Waals surface area contributed by atoms with Crippen LogP contribution in [0, 0.1) is 30.2 Å². The molecule has 140 valence electrons. The van der Waals surface area contributed by atoms with Gasteiger partial charge in [-0.2, -0.15) is 0 Å². The van der Waals surface area contributed by atoms with Gasteiger partial charge in [-0.05, 0) is 31.2 Å². The molecule has 0 aliphatic carbocycles. The standard InChI is InChI=1S/C19H13ClF4N2O/c1-10-2-4-15-11(6-10)3-5-16(25-15)26(17(27)8-20)9-12-18(23)13(21)7-14(22)19(12)24/h2-7H,8-9H2,1H3. The largest absolute Gasteiger partial charge is 0.291 e.